The molecule has 5 rings (SSSR count). The number of hydrazine groups is 1. The number of amides is 1. The molecule has 0 spiro atoms. The van der Waals surface area contributed by atoms with Gasteiger partial charge >= 0.3 is 0 Å². The summed E-state index contributed by atoms with van der Waals surface area (Å²) in [5.74, 6) is 1.23. The van der Waals surface area contributed by atoms with E-state index < -0.39 is 0 Å². The van der Waals surface area contributed by atoms with Gasteiger partial charge < -0.3 is 19.2 Å². The van der Waals surface area contributed by atoms with Crippen molar-refractivity contribution in [3.05, 3.63) is 72.0 Å². The predicted octanol–water partition coefficient (Wildman–Crippen LogP) is 3.55. The van der Waals surface area contributed by atoms with Crippen LogP contribution in [-0.4, -0.2) is 17.8 Å². The number of benzene rings is 3. The molecule has 0 radical (unpaired) electrons. The van der Waals surface area contributed by atoms with Gasteiger partial charge in [-0.3, -0.25) is 15.6 Å². The molecule has 3 aromatic carbocycles. The summed E-state index contributed by atoms with van der Waals surface area (Å²) in [5.41, 5.74) is 7.94. The average Bonchev–Trinajstić information content (AvgIpc) is 3.43. The molecule has 0 aliphatic carbocycles. The zero-order valence-corrected chi connectivity index (χ0v) is 17.3. The summed E-state index contributed by atoms with van der Waals surface area (Å²) in [6.45, 7) is 0.719. The Morgan fingerprint density at radius 2 is 1.87 bits per heavy atom. The van der Waals surface area contributed by atoms with Crippen LogP contribution in [-0.2, 0) is 17.8 Å². The molecule has 4 aromatic rings. The lowest BCUT2D eigenvalue weighted by Gasteiger charge is -2.12. The molecule has 1 aliphatic heterocycles. The van der Waals surface area contributed by atoms with Gasteiger partial charge in [0.25, 0.3) is 0 Å². The van der Waals surface area contributed by atoms with Crippen LogP contribution in [0, 0.1) is 0 Å². The first-order valence-corrected chi connectivity index (χ1v) is 10.2. The van der Waals surface area contributed by atoms with Crippen LogP contribution >= 0.6 is 12.2 Å². The monoisotopic (exact) mass is 433 g/mol. The molecule has 7 nitrogen and oxygen atoms in total. The first kappa shape index (κ1) is 19.2. The van der Waals surface area contributed by atoms with Crippen LogP contribution in [0.2, 0.25) is 0 Å². The van der Waals surface area contributed by atoms with Crippen molar-refractivity contribution in [2.45, 2.75) is 13.0 Å². The molecule has 0 bridgehead atoms. The van der Waals surface area contributed by atoms with E-state index in [1.54, 1.807) is 6.26 Å². The molecule has 156 valence electrons. The number of hydrogen-bond acceptors (Lipinski definition) is 5. The molecule has 0 saturated carbocycles. The van der Waals surface area contributed by atoms with Gasteiger partial charge in [-0.1, -0.05) is 36.4 Å². The largest absolute Gasteiger partial charge is 0.464 e. The molecule has 0 unspecified atom stereocenters. The number of nitrogens with one attached hydrogen (secondary N) is 3. The molecule has 3 N–H and O–H groups in total. The second-order valence-electron chi connectivity index (χ2n) is 7.14. The molecule has 8 heteroatoms. The number of hydrogen-bond donors (Lipinski definition) is 3. The molecule has 0 fully saturated rings. The van der Waals surface area contributed by atoms with Crippen molar-refractivity contribution >= 4 is 45.0 Å². The lowest BCUT2D eigenvalue weighted by molar-refractivity contribution is -0.121. The summed E-state index contributed by atoms with van der Waals surface area (Å²) in [6.07, 6.45) is 1.80. The maximum Gasteiger partial charge on any atom is 0.242 e. The van der Waals surface area contributed by atoms with E-state index in [1.165, 1.54) is 0 Å². The minimum atomic E-state index is -0.220. The van der Waals surface area contributed by atoms with Gasteiger partial charge in [-0.15, -0.1) is 0 Å². The highest BCUT2D eigenvalue weighted by molar-refractivity contribution is 7.80. The van der Waals surface area contributed by atoms with Crippen LogP contribution < -0.4 is 25.6 Å². The Morgan fingerprint density at radius 3 is 2.81 bits per heavy atom. The highest BCUT2D eigenvalue weighted by atomic mass is 32.1. The Balaban J connectivity index is 1.18. The van der Waals surface area contributed by atoms with Crippen molar-refractivity contribution in [2.24, 2.45) is 0 Å². The van der Waals surface area contributed by atoms with Crippen molar-refractivity contribution in [3.63, 3.8) is 0 Å². The number of fused-ring (bicyclic) bond motifs is 4. The molecule has 2 heterocycles. The summed E-state index contributed by atoms with van der Waals surface area (Å²) in [4.78, 5) is 12.5. The molecule has 1 aromatic heterocycles. The van der Waals surface area contributed by atoms with Gasteiger partial charge in [0.05, 0.1) is 12.7 Å². The molecule has 0 saturated heterocycles. The third kappa shape index (κ3) is 3.97. The number of furan rings is 1. The predicted molar refractivity (Wildman–Crippen MR) is 121 cm³/mol. The zero-order chi connectivity index (χ0) is 21.2. The molecule has 0 atom stereocenters. The minimum Gasteiger partial charge on any atom is -0.464 e. The summed E-state index contributed by atoms with van der Waals surface area (Å²) in [5, 5.41) is 6.48. The van der Waals surface area contributed by atoms with Gasteiger partial charge in [-0.25, -0.2) is 0 Å². The first-order chi connectivity index (χ1) is 15.2. The molecular formula is C23H19N3O4S. The second kappa shape index (κ2) is 8.16. The van der Waals surface area contributed by atoms with E-state index >= 15 is 0 Å². The topological polar surface area (TPSA) is 84.8 Å². The van der Waals surface area contributed by atoms with Crippen molar-refractivity contribution in [1.82, 2.24) is 16.2 Å². The number of ether oxygens (including phenoxy) is 2. The van der Waals surface area contributed by atoms with Crippen LogP contribution in [0.3, 0.4) is 0 Å². The Hall–Kier alpha value is -3.78. The van der Waals surface area contributed by atoms with Crippen LogP contribution in [0.4, 0.5) is 0 Å². The zero-order valence-electron chi connectivity index (χ0n) is 16.4. The highest BCUT2D eigenvalue weighted by Crippen LogP contribution is 2.32. The van der Waals surface area contributed by atoms with E-state index in [1.807, 2.05) is 54.6 Å². The van der Waals surface area contributed by atoms with Gasteiger partial charge in [0.1, 0.15) is 5.58 Å². The van der Waals surface area contributed by atoms with Gasteiger partial charge in [0.15, 0.2) is 16.6 Å². The fourth-order valence-corrected chi connectivity index (χ4v) is 3.75. The van der Waals surface area contributed by atoms with E-state index in [4.69, 9.17) is 26.1 Å². The van der Waals surface area contributed by atoms with Gasteiger partial charge in [0.2, 0.25) is 12.7 Å². The third-order valence-electron chi connectivity index (χ3n) is 5.10. The molecular weight excluding hydrogens is 414 g/mol. The molecule has 1 aliphatic rings. The molecule has 31 heavy (non-hydrogen) atoms. The third-order valence-corrected chi connectivity index (χ3v) is 5.34. The SMILES string of the molecule is O=C(Cc1coc2ccc3ccccc3c12)NNC(=S)NCc1ccc2c(c1)OCO2. The summed E-state index contributed by atoms with van der Waals surface area (Å²) in [7, 11) is 0. The Kier molecular flexibility index (Phi) is 5.05. The van der Waals surface area contributed by atoms with Gasteiger partial charge in [0, 0.05) is 17.5 Å². The van der Waals surface area contributed by atoms with Crippen LogP contribution in [0.5, 0.6) is 11.5 Å². The lowest BCUT2D eigenvalue weighted by Crippen LogP contribution is -2.47. The van der Waals surface area contributed by atoms with E-state index in [0.717, 1.165) is 38.6 Å². The van der Waals surface area contributed by atoms with E-state index in [9.17, 15) is 4.79 Å². The van der Waals surface area contributed by atoms with Crippen LogP contribution in [0.1, 0.15) is 11.1 Å². The fraction of sp³-hybridized carbons (Fsp3) is 0.130. The Labute approximate surface area is 183 Å². The van der Waals surface area contributed by atoms with E-state index in [-0.39, 0.29) is 19.1 Å². The summed E-state index contributed by atoms with van der Waals surface area (Å²) in [6, 6.07) is 17.6. The highest BCUT2D eigenvalue weighted by Gasteiger charge is 2.14. The number of thiocarbonyl (C=S) groups is 1. The van der Waals surface area contributed by atoms with Crippen LogP contribution in [0.25, 0.3) is 21.7 Å². The molecule has 1 amide bonds. The first-order valence-electron chi connectivity index (χ1n) is 9.76. The van der Waals surface area contributed by atoms with Crippen molar-refractivity contribution in [2.75, 3.05) is 6.79 Å². The standard InChI is InChI=1S/C23H19N3O4S/c27-21(10-16-12-28-19-8-6-15-3-1-2-4-17(15)22(16)19)25-26-23(31)24-11-14-5-7-18-20(9-14)30-13-29-18/h1-9,12H,10-11,13H2,(H,25,27)(H2,24,26,31). The van der Waals surface area contributed by atoms with E-state index in [2.05, 4.69) is 16.2 Å². The number of carbonyl (C=O) groups excluding carboxylic acids is 1. The van der Waals surface area contributed by atoms with Gasteiger partial charge in [-0.2, -0.15) is 0 Å². The average molecular weight is 433 g/mol. The van der Waals surface area contributed by atoms with Crippen LogP contribution in [0.15, 0.2) is 65.3 Å². The second-order valence-corrected chi connectivity index (χ2v) is 7.55. The minimum absolute atomic E-state index is 0.165. The van der Waals surface area contributed by atoms with E-state index in [0.29, 0.717) is 17.4 Å². The van der Waals surface area contributed by atoms with Crippen molar-refractivity contribution < 1.29 is 18.7 Å². The number of carbonyl (C=O) groups is 1. The number of rotatable bonds is 4. The normalized spacial score (nSPS) is 12.1. The van der Waals surface area contributed by atoms with Crippen molar-refractivity contribution in [1.29, 1.82) is 0 Å². The Morgan fingerprint density at radius 1 is 1.00 bits per heavy atom. The smallest absolute Gasteiger partial charge is 0.242 e. The Bertz CT molecular complexity index is 1300. The quantitative estimate of drug-likeness (QED) is 0.335. The lowest BCUT2D eigenvalue weighted by atomic mass is 10.0. The van der Waals surface area contributed by atoms with Crippen molar-refractivity contribution in [3.8, 4) is 11.5 Å². The summed E-state index contributed by atoms with van der Waals surface area (Å²) >= 11 is 5.25. The maximum atomic E-state index is 12.5. The summed E-state index contributed by atoms with van der Waals surface area (Å²) < 4.78 is 16.3. The fourth-order valence-electron chi connectivity index (χ4n) is 3.63. The maximum absolute atomic E-state index is 12.5. The van der Waals surface area contributed by atoms with Gasteiger partial charge in [-0.05, 0) is 46.8 Å².